The molecule has 0 aliphatic carbocycles. The third-order valence-electron chi connectivity index (χ3n) is 4.32. The molecule has 0 saturated carbocycles. The molecule has 32 heavy (non-hydrogen) atoms. The molecule has 0 unspecified atom stereocenters. The van der Waals surface area contributed by atoms with E-state index in [4.69, 9.17) is 4.74 Å². The summed E-state index contributed by atoms with van der Waals surface area (Å²) in [5.74, 6) is 1.46. The van der Waals surface area contributed by atoms with Crippen LogP contribution in [0.2, 0.25) is 0 Å². The fourth-order valence-electron chi connectivity index (χ4n) is 2.84. The van der Waals surface area contributed by atoms with Crippen LogP contribution in [0.4, 0.5) is 11.4 Å². The van der Waals surface area contributed by atoms with E-state index in [-0.39, 0.29) is 17.6 Å². The van der Waals surface area contributed by atoms with Gasteiger partial charge in [-0.05, 0) is 66.0 Å². The van der Waals surface area contributed by atoms with Crippen LogP contribution >= 0.6 is 23.1 Å². The molecular formula is C25H20N2O3S2. The third kappa shape index (κ3) is 6.23. The van der Waals surface area contributed by atoms with E-state index in [0.29, 0.717) is 22.0 Å². The fourth-order valence-corrected chi connectivity index (χ4v) is 4.21. The van der Waals surface area contributed by atoms with Crippen molar-refractivity contribution in [1.82, 2.24) is 0 Å². The topological polar surface area (TPSA) is 67.4 Å². The van der Waals surface area contributed by atoms with Crippen LogP contribution in [0.3, 0.4) is 0 Å². The lowest BCUT2D eigenvalue weighted by Crippen LogP contribution is -2.14. The zero-order chi connectivity index (χ0) is 22.2. The zero-order valence-electron chi connectivity index (χ0n) is 17.0. The Hall–Kier alpha value is -3.55. The van der Waals surface area contributed by atoms with Crippen molar-refractivity contribution in [3.63, 3.8) is 0 Å². The first-order chi connectivity index (χ1) is 15.7. The lowest BCUT2D eigenvalue weighted by molar-refractivity contribution is -0.113. The number of carbonyl (C=O) groups is 2. The van der Waals surface area contributed by atoms with Crippen molar-refractivity contribution in [3.8, 4) is 11.5 Å². The molecule has 2 amide bonds. The van der Waals surface area contributed by atoms with Gasteiger partial charge in [-0.3, -0.25) is 9.59 Å². The van der Waals surface area contributed by atoms with E-state index in [9.17, 15) is 9.59 Å². The summed E-state index contributed by atoms with van der Waals surface area (Å²) in [5.41, 5.74) is 1.40. The Morgan fingerprint density at radius 2 is 1.56 bits per heavy atom. The number of hydrogen-bond donors (Lipinski definition) is 2. The number of ether oxygens (including phenoxy) is 1. The first-order valence-corrected chi connectivity index (χ1v) is 11.7. The number of rotatable bonds is 8. The molecule has 0 saturated heterocycles. The SMILES string of the molecule is O=C(CSc1cccc(NC(=O)c2cccs2)c1)Nc1ccc(Oc2ccccc2)cc1. The van der Waals surface area contributed by atoms with Crippen molar-refractivity contribution in [2.45, 2.75) is 4.90 Å². The van der Waals surface area contributed by atoms with E-state index >= 15 is 0 Å². The second kappa shape index (κ2) is 10.7. The summed E-state index contributed by atoms with van der Waals surface area (Å²) in [6.07, 6.45) is 0. The van der Waals surface area contributed by atoms with Crippen molar-refractivity contribution >= 4 is 46.3 Å². The number of thiophene rings is 1. The van der Waals surface area contributed by atoms with Gasteiger partial charge in [0, 0.05) is 16.3 Å². The predicted octanol–water partition coefficient (Wildman–Crippen LogP) is 6.52. The fraction of sp³-hybridized carbons (Fsp3) is 0.0400. The molecule has 1 aromatic heterocycles. The highest BCUT2D eigenvalue weighted by Crippen LogP contribution is 2.24. The Bertz CT molecular complexity index is 1180. The zero-order valence-corrected chi connectivity index (χ0v) is 18.6. The van der Waals surface area contributed by atoms with Crippen LogP contribution < -0.4 is 15.4 Å². The van der Waals surface area contributed by atoms with Crippen LogP contribution in [-0.2, 0) is 4.79 Å². The summed E-state index contributed by atoms with van der Waals surface area (Å²) >= 11 is 2.80. The Kier molecular flexibility index (Phi) is 7.22. The van der Waals surface area contributed by atoms with E-state index in [1.807, 2.05) is 90.3 Å². The van der Waals surface area contributed by atoms with Gasteiger partial charge in [0.1, 0.15) is 11.5 Å². The highest BCUT2D eigenvalue weighted by atomic mass is 32.2. The van der Waals surface area contributed by atoms with Crippen molar-refractivity contribution < 1.29 is 14.3 Å². The van der Waals surface area contributed by atoms with Crippen molar-refractivity contribution in [1.29, 1.82) is 0 Å². The second-order valence-electron chi connectivity index (χ2n) is 6.74. The lowest BCUT2D eigenvalue weighted by atomic mass is 10.3. The maximum absolute atomic E-state index is 12.3. The standard InChI is InChI=1S/C25H20N2O3S2/c28-24(26-18-11-13-21(14-12-18)30-20-7-2-1-3-8-20)17-32-22-9-4-6-19(16-22)27-25(29)23-10-5-15-31-23/h1-16H,17H2,(H,26,28)(H,27,29). The molecule has 4 aromatic rings. The first-order valence-electron chi connectivity index (χ1n) is 9.86. The van der Waals surface area contributed by atoms with E-state index < -0.39 is 0 Å². The number of hydrogen-bond acceptors (Lipinski definition) is 5. The summed E-state index contributed by atoms with van der Waals surface area (Å²) in [4.78, 5) is 26.1. The highest BCUT2D eigenvalue weighted by Gasteiger charge is 2.08. The molecule has 3 aromatic carbocycles. The van der Waals surface area contributed by atoms with Gasteiger partial charge in [0.25, 0.3) is 5.91 Å². The average molecular weight is 461 g/mol. The Morgan fingerprint density at radius 1 is 0.781 bits per heavy atom. The molecule has 1 heterocycles. The smallest absolute Gasteiger partial charge is 0.265 e. The maximum atomic E-state index is 12.3. The van der Waals surface area contributed by atoms with Gasteiger partial charge in [-0.15, -0.1) is 23.1 Å². The van der Waals surface area contributed by atoms with E-state index in [1.54, 1.807) is 6.07 Å². The lowest BCUT2D eigenvalue weighted by Gasteiger charge is -2.09. The van der Waals surface area contributed by atoms with Gasteiger partial charge in [0.2, 0.25) is 5.91 Å². The van der Waals surface area contributed by atoms with Crippen LogP contribution in [0.5, 0.6) is 11.5 Å². The Labute approximate surface area is 194 Å². The Morgan fingerprint density at radius 3 is 2.31 bits per heavy atom. The van der Waals surface area contributed by atoms with E-state index in [2.05, 4.69) is 10.6 Å². The van der Waals surface area contributed by atoms with Crippen LogP contribution in [-0.4, -0.2) is 17.6 Å². The maximum Gasteiger partial charge on any atom is 0.265 e. The number of amides is 2. The molecule has 0 aliphatic rings. The molecule has 0 radical (unpaired) electrons. The first kappa shape index (κ1) is 21.7. The van der Waals surface area contributed by atoms with Gasteiger partial charge in [-0.1, -0.05) is 30.3 Å². The number of carbonyl (C=O) groups excluding carboxylic acids is 2. The predicted molar refractivity (Wildman–Crippen MR) is 131 cm³/mol. The normalized spacial score (nSPS) is 10.4. The molecule has 0 bridgehead atoms. The van der Waals surface area contributed by atoms with Gasteiger partial charge < -0.3 is 15.4 Å². The van der Waals surface area contributed by atoms with Gasteiger partial charge >= 0.3 is 0 Å². The summed E-state index contributed by atoms with van der Waals surface area (Å²) in [6, 6.07) is 27.8. The molecule has 0 aliphatic heterocycles. The summed E-state index contributed by atoms with van der Waals surface area (Å²) < 4.78 is 5.76. The minimum Gasteiger partial charge on any atom is -0.457 e. The van der Waals surface area contributed by atoms with Gasteiger partial charge in [0.15, 0.2) is 0 Å². The molecular weight excluding hydrogens is 440 g/mol. The Balaban J connectivity index is 1.27. The summed E-state index contributed by atoms with van der Waals surface area (Å²) in [7, 11) is 0. The van der Waals surface area contributed by atoms with Crippen LogP contribution in [0, 0.1) is 0 Å². The average Bonchev–Trinajstić information content (AvgIpc) is 3.35. The third-order valence-corrected chi connectivity index (χ3v) is 6.19. The van der Waals surface area contributed by atoms with Gasteiger partial charge in [0.05, 0.1) is 10.6 Å². The van der Waals surface area contributed by atoms with Crippen molar-refractivity contribution in [2.75, 3.05) is 16.4 Å². The largest absolute Gasteiger partial charge is 0.457 e. The molecule has 0 fully saturated rings. The van der Waals surface area contributed by atoms with Crippen LogP contribution in [0.25, 0.3) is 0 Å². The quantitative estimate of drug-likeness (QED) is 0.294. The van der Waals surface area contributed by atoms with E-state index in [0.717, 1.165) is 10.6 Å². The highest BCUT2D eigenvalue weighted by molar-refractivity contribution is 8.00. The van der Waals surface area contributed by atoms with Gasteiger partial charge in [-0.2, -0.15) is 0 Å². The number of benzene rings is 3. The number of thioether (sulfide) groups is 1. The molecule has 4 rings (SSSR count). The molecule has 160 valence electrons. The molecule has 7 heteroatoms. The number of anilines is 2. The summed E-state index contributed by atoms with van der Waals surface area (Å²) in [5, 5.41) is 7.63. The number of nitrogens with one attached hydrogen (secondary N) is 2. The summed E-state index contributed by atoms with van der Waals surface area (Å²) in [6.45, 7) is 0. The molecule has 0 spiro atoms. The monoisotopic (exact) mass is 460 g/mol. The minimum atomic E-state index is -0.139. The second-order valence-corrected chi connectivity index (χ2v) is 8.73. The van der Waals surface area contributed by atoms with Crippen molar-refractivity contribution in [3.05, 3.63) is 101 Å². The van der Waals surface area contributed by atoms with Crippen LogP contribution in [0.15, 0.2) is 101 Å². The van der Waals surface area contributed by atoms with E-state index in [1.165, 1.54) is 23.1 Å². The molecule has 0 atom stereocenters. The van der Waals surface area contributed by atoms with Gasteiger partial charge in [-0.25, -0.2) is 0 Å². The number of para-hydroxylation sites is 1. The van der Waals surface area contributed by atoms with Crippen molar-refractivity contribution in [2.24, 2.45) is 0 Å². The van der Waals surface area contributed by atoms with Crippen LogP contribution in [0.1, 0.15) is 9.67 Å². The molecule has 5 nitrogen and oxygen atoms in total. The molecule has 2 N–H and O–H groups in total. The minimum absolute atomic E-state index is 0.111.